The summed E-state index contributed by atoms with van der Waals surface area (Å²) in [6.45, 7) is 2.04. The molecule has 1 aromatic rings. The molecule has 50 valence electrons. The largest absolute Gasteiger partial charge is 0.241 e. The lowest BCUT2D eigenvalue weighted by molar-refractivity contribution is 0.968. The second-order valence-corrected chi connectivity index (χ2v) is 4.47. The Hall–Kier alpha value is 0.850. The third-order valence-electron chi connectivity index (χ3n) is 1.03. The first-order chi connectivity index (χ1) is 4.25. The molecule has 0 aliphatic carbocycles. The first-order valence-electron chi connectivity index (χ1n) is 2.32. The fourth-order valence-corrected chi connectivity index (χ4v) is 2.71. The molecule has 0 N–H and O–H groups in total. The van der Waals surface area contributed by atoms with Gasteiger partial charge in [0.05, 0.1) is 22.7 Å². The van der Waals surface area contributed by atoms with Gasteiger partial charge >= 0.3 is 0 Å². The van der Waals surface area contributed by atoms with Crippen molar-refractivity contribution in [2.24, 2.45) is 0 Å². The summed E-state index contributed by atoms with van der Waals surface area (Å²) in [5.41, 5.74) is 1.20. The lowest BCUT2D eigenvalue weighted by Crippen LogP contribution is -1.84. The molecule has 0 amide bonds. The van der Waals surface area contributed by atoms with Crippen molar-refractivity contribution in [3.63, 3.8) is 0 Å². The minimum atomic E-state index is 0.695. The third-order valence-corrected chi connectivity index (χ3v) is 3.79. The monoisotopic (exact) mass is 318 g/mol. The van der Waals surface area contributed by atoms with Crippen LogP contribution in [0.15, 0.2) is 10.7 Å². The van der Waals surface area contributed by atoms with Gasteiger partial charge in [0.1, 0.15) is 0 Å². The predicted octanol–water partition coefficient (Wildman–Crippen LogP) is 2.75. The lowest BCUT2D eigenvalue weighted by atomic mass is 10.5. The molecular weight excluding hydrogens is 314 g/mol. The van der Waals surface area contributed by atoms with E-state index in [2.05, 4.69) is 43.1 Å². The molecule has 1 heterocycles. The molecule has 0 saturated carbocycles. The van der Waals surface area contributed by atoms with Gasteiger partial charge in [-0.2, -0.15) is 5.10 Å². The van der Waals surface area contributed by atoms with Crippen LogP contribution in [0.2, 0.25) is 0 Å². The van der Waals surface area contributed by atoms with E-state index in [0.717, 1.165) is 4.47 Å². The molecule has 1 aromatic heterocycles. The van der Waals surface area contributed by atoms with Gasteiger partial charge in [-0.05, 0) is 44.9 Å². The summed E-state index contributed by atoms with van der Waals surface area (Å²) in [5, 5.41) is 4.11. The third kappa shape index (κ3) is 1.65. The molecule has 0 aromatic carbocycles. The number of aromatic nitrogens is 2. The lowest BCUT2D eigenvalue weighted by Gasteiger charge is -1.94. The highest BCUT2D eigenvalue weighted by Gasteiger charge is 1.99. The summed E-state index contributed by atoms with van der Waals surface area (Å²) in [4.78, 5) is 0. The molecule has 1 atom stereocenters. The zero-order valence-electron chi connectivity index (χ0n) is 4.73. The van der Waals surface area contributed by atoms with Gasteiger partial charge in [-0.15, -0.1) is 0 Å². The number of halogens is 2. The first-order valence-corrected chi connectivity index (χ1v) is 7.18. The van der Waals surface area contributed by atoms with Crippen LogP contribution < -0.4 is 0 Å². The van der Waals surface area contributed by atoms with Crippen LogP contribution in [0, 0.1) is 6.92 Å². The topological polar surface area (TPSA) is 17.8 Å². The average Bonchev–Trinajstić information content (AvgIpc) is 2.15. The Morgan fingerprint density at radius 3 is 2.78 bits per heavy atom. The molecule has 0 saturated heterocycles. The van der Waals surface area contributed by atoms with E-state index in [1.54, 1.807) is 0 Å². The van der Waals surface area contributed by atoms with E-state index in [9.17, 15) is 0 Å². The molecule has 0 aliphatic heterocycles. The molecule has 0 radical (unpaired) electrons. The van der Waals surface area contributed by atoms with Crippen molar-refractivity contribution in [3.05, 3.63) is 16.4 Å². The van der Waals surface area contributed by atoms with Gasteiger partial charge in [-0.3, -0.25) is 0 Å². The second kappa shape index (κ2) is 3.30. The first kappa shape index (κ1) is 7.95. The Morgan fingerprint density at radius 1 is 1.89 bits per heavy atom. The Bertz CT molecular complexity index is 212. The van der Waals surface area contributed by atoms with Gasteiger partial charge in [-0.25, -0.2) is 4.45 Å². The van der Waals surface area contributed by atoms with Crippen LogP contribution in [0.4, 0.5) is 0 Å². The molecule has 0 bridgehead atoms. The van der Waals surface area contributed by atoms with Crippen molar-refractivity contribution in [1.82, 2.24) is 9.55 Å². The summed E-state index contributed by atoms with van der Waals surface area (Å²) in [6.07, 6.45) is 2.52. The van der Waals surface area contributed by atoms with Crippen LogP contribution in [-0.2, 0) is 0 Å². The van der Waals surface area contributed by atoms with Crippen LogP contribution in [0.1, 0.15) is 5.69 Å². The van der Waals surface area contributed by atoms with Gasteiger partial charge < -0.3 is 0 Å². The molecule has 1 unspecified atom stereocenters. The maximum atomic E-state index is 4.11. The molecule has 1 rings (SSSR count). The van der Waals surface area contributed by atoms with Crippen molar-refractivity contribution in [1.29, 1.82) is 0 Å². The van der Waals surface area contributed by atoms with Crippen molar-refractivity contribution in [3.8, 4) is 0 Å². The predicted molar refractivity (Wildman–Crippen MR) is 52.4 cm³/mol. The Labute approximate surface area is 76.8 Å². The van der Waals surface area contributed by atoms with Crippen molar-refractivity contribution in [2.45, 2.75) is 6.92 Å². The molecule has 5 heteroatoms. The zero-order valence-corrected chi connectivity index (χ0v) is 9.47. The highest BCUT2D eigenvalue weighted by molar-refractivity contribution is 14.2. The quantitative estimate of drug-likeness (QED) is 0.575. The fourth-order valence-electron chi connectivity index (χ4n) is 0.475. The fraction of sp³-hybridized carbons (Fsp3) is 0.250. The zero-order chi connectivity index (χ0) is 6.85. The molecule has 9 heavy (non-hydrogen) atoms. The molecule has 0 aliphatic rings. The normalized spacial score (nSPS) is 11.4. The summed E-state index contributed by atoms with van der Waals surface area (Å²) in [7, 11) is 0. The van der Waals surface area contributed by atoms with Crippen LogP contribution in [-0.4, -0.2) is 9.55 Å². The molecule has 0 spiro atoms. The second-order valence-electron chi connectivity index (χ2n) is 1.57. The number of nitrogens with zero attached hydrogens (tertiary/aromatic N) is 2. The van der Waals surface area contributed by atoms with Crippen LogP contribution in [0.5, 0.6) is 0 Å². The minimum absolute atomic E-state index is 0.695. The van der Waals surface area contributed by atoms with Gasteiger partial charge in [0, 0.05) is 0 Å². The van der Waals surface area contributed by atoms with Crippen molar-refractivity contribution in [2.75, 3.05) is 0 Å². The van der Waals surface area contributed by atoms with E-state index in [0.29, 0.717) is 6.37 Å². The van der Waals surface area contributed by atoms with Gasteiger partial charge in [-0.1, -0.05) is 0 Å². The van der Waals surface area contributed by atoms with Crippen molar-refractivity contribution < 1.29 is 0 Å². The summed E-state index contributed by atoms with van der Waals surface area (Å²) >= 11 is 5.67. The highest BCUT2D eigenvalue weighted by Crippen LogP contribution is 2.27. The summed E-state index contributed by atoms with van der Waals surface area (Å²) in [5.74, 6) is 0. The average molecular weight is 319 g/mol. The highest BCUT2D eigenvalue weighted by atomic mass is 127. The molecular formula is C4H5BrIN2P. The van der Waals surface area contributed by atoms with Crippen LogP contribution >= 0.6 is 44.3 Å². The number of hydrogen-bond acceptors (Lipinski definition) is 1. The van der Waals surface area contributed by atoms with Crippen molar-refractivity contribution >= 4 is 44.3 Å². The summed E-state index contributed by atoms with van der Waals surface area (Å²) in [6, 6.07) is 0. The number of hydrogen-bond donors (Lipinski definition) is 0. The Balaban J connectivity index is 3.04. The van der Waals surface area contributed by atoms with Crippen LogP contribution in [0.3, 0.4) is 0 Å². The van der Waals surface area contributed by atoms with E-state index in [1.165, 1.54) is 5.69 Å². The summed E-state index contributed by atoms with van der Waals surface area (Å²) < 4.78 is 3.05. The minimum Gasteiger partial charge on any atom is -0.241 e. The standard InChI is InChI=1S/C4H5BrIN2P/c1-3-4(5)2-7-8(3)9-6/h2,9H,1H3. The van der Waals surface area contributed by atoms with E-state index in [1.807, 2.05) is 17.6 Å². The van der Waals surface area contributed by atoms with Crippen LogP contribution in [0.25, 0.3) is 0 Å². The van der Waals surface area contributed by atoms with Gasteiger partial charge in [0.25, 0.3) is 0 Å². The van der Waals surface area contributed by atoms with E-state index in [4.69, 9.17) is 0 Å². The Morgan fingerprint density at radius 2 is 2.56 bits per heavy atom. The van der Waals surface area contributed by atoms with E-state index in [-0.39, 0.29) is 0 Å². The maximum Gasteiger partial charge on any atom is 0.0680 e. The van der Waals surface area contributed by atoms with E-state index < -0.39 is 0 Å². The smallest absolute Gasteiger partial charge is 0.0680 e. The SMILES string of the molecule is Cc1c(Br)cnn1PI. The van der Waals surface area contributed by atoms with E-state index >= 15 is 0 Å². The maximum absolute atomic E-state index is 4.11. The van der Waals surface area contributed by atoms with Gasteiger partial charge in [0.2, 0.25) is 0 Å². The van der Waals surface area contributed by atoms with Gasteiger partial charge in [0.15, 0.2) is 0 Å². The Kier molecular flexibility index (Phi) is 2.92. The molecule has 2 nitrogen and oxygen atoms in total. The molecule has 0 fully saturated rings. The number of rotatable bonds is 1.